The summed E-state index contributed by atoms with van der Waals surface area (Å²) in [5, 5.41) is 6.79. The van der Waals surface area contributed by atoms with Crippen molar-refractivity contribution in [2.24, 2.45) is 4.99 Å². The quantitative estimate of drug-likeness (QED) is 0.334. The highest BCUT2D eigenvalue weighted by molar-refractivity contribution is 14.0. The van der Waals surface area contributed by atoms with Gasteiger partial charge in [0.2, 0.25) is 0 Å². The summed E-state index contributed by atoms with van der Waals surface area (Å²) in [6.07, 6.45) is 2.84. The molecule has 1 aliphatic heterocycles. The lowest BCUT2D eigenvalue weighted by molar-refractivity contribution is 0.346. The van der Waals surface area contributed by atoms with Crippen molar-refractivity contribution in [1.82, 2.24) is 15.2 Å². The third kappa shape index (κ3) is 5.97. The topological polar surface area (TPSA) is 59.0 Å². The molecule has 2 heterocycles. The molecule has 1 aromatic carbocycles. The minimum absolute atomic E-state index is 0. The first-order valence-electron chi connectivity index (χ1n) is 9.88. The van der Waals surface area contributed by atoms with Gasteiger partial charge in [-0.2, -0.15) is 0 Å². The van der Waals surface area contributed by atoms with Gasteiger partial charge in [0, 0.05) is 38.0 Å². The van der Waals surface area contributed by atoms with E-state index in [0.717, 1.165) is 68.6 Å². The Morgan fingerprint density at radius 1 is 1.21 bits per heavy atom. The van der Waals surface area contributed by atoms with E-state index >= 15 is 0 Å². The molecular formula is C21H31IN4O2S. The second kappa shape index (κ2) is 11.6. The Labute approximate surface area is 194 Å². The highest BCUT2D eigenvalue weighted by Crippen LogP contribution is 2.33. The van der Waals surface area contributed by atoms with E-state index in [0.29, 0.717) is 0 Å². The van der Waals surface area contributed by atoms with Crippen LogP contribution in [-0.4, -0.2) is 49.7 Å². The fourth-order valence-electron chi connectivity index (χ4n) is 3.39. The van der Waals surface area contributed by atoms with Gasteiger partial charge in [0.1, 0.15) is 0 Å². The summed E-state index contributed by atoms with van der Waals surface area (Å²) in [5.74, 6) is 2.54. The number of methoxy groups -OCH3 is 2. The Bertz CT molecular complexity index is 825. The van der Waals surface area contributed by atoms with E-state index in [-0.39, 0.29) is 24.0 Å². The average Bonchev–Trinajstić information content (AvgIpc) is 3.19. The minimum Gasteiger partial charge on any atom is -0.493 e. The van der Waals surface area contributed by atoms with Gasteiger partial charge in [-0.25, -0.2) is 4.98 Å². The predicted molar refractivity (Wildman–Crippen MR) is 130 cm³/mol. The lowest BCUT2D eigenvalue weighted by Crippen LogP contribution is -2.44. The number of rotatable bonds is 7. The van der Waals surface area contributed by atoms with Crippen molar-refractivity contribution in [3.05, 3.63) is 39.3 Å². The van der Waals surface area contributed by atoms with Crippen LogP contribution in [0.1, 0.15) is 35.7 Å². The van der Waals surface area contributed by atoms with E-state index in [9.17, 15) is 0 Å². The third-order valence-electron chi connectivity index (χ3n) is 4.88. The van der Waals surface area contributed by atoms with Crippen LogP contribution in [-0.2, 0) is 25.8 Å². The highest BCUT2D eigenvalue weighted by Gasteiger charge is 2.21. The minimum atomic E-state index is 0. The van der Waals surface area contributed by atoms with Gasteiger partial charge in [0.05, 0.1) is 24.9 Å². The fourth-order valence-corrected chi connectivity index (χ4v) is 4.17. The number of fused-ring (bicyclic) bond motifs is 1. The molecule has 1 N–H and O–H groups in total. The van der Waals surface area contributed by atoms with E-state index in [1.54, 1.807) is 25.6 Å². The number of aliphatic imine (C=N–C) groups is 1. The van der Waals surface area contributed by atoms with Gasteiger partial charge in [0.15, 0.2) is 17.5 Å². The van der Waals surface area contributed by atoms with E-state index in [1.807, 2.05) is 0 Å². The number of guanidine groups is 1. The molecule has 3 rings (SSSR count). The first-order chi connectivity index (χ1) is 13.7. The molecule has 1 aromatic heterocycles. The molecular weight excluding hydrogens is 499 g/mol. The summed E-state index contributed by atoms with van der Waals surface area (Å²) >= 11 is 1.74. The van der Waals surface area contributed by atoms with Crippen LogP contribution in [0.4, 0.5) is 0 Å². The molecule has 0 saturated carbocycles. The first kappa shape index (κ1) is 23.7. The van der Waals surface area contributed by atoms with Crippen LogP contribution >= 0.6 is 35.3 Å². The van der Waals surface area contributed by atoms with Crippen LogP contribution in [0.2, 0.25) is 0 Å². The monoisotopic (exact) mass is 530 g/mol. The number of aromatic nitrogens is 1. The number of ether oxygens (including phenoxy) is 2. The molecule has 0 saturated heterocycles. The molecule has 0 fully saturated rings. The molecule has 6 nitrogen and oxygen atoms in total. The molecule has 0 unspecified atom stereocenters. The SMILES string of the molecule is CCNC(=NCCc1csc(CC)n1)N1CCc2cc(OC)c(OC)cc2C1.I. The van der Waals surface area contributed by atoms with Gasteiger partial charge in [-0.15, -0.1) is 35.3 Å². The van der Waals surface area contributed by atoms with Crippen LogP contribution in [0.15, 0.2) is 22.5 Å². The van der Waals surface area contributed by atoms with Crippen molar-refractivity contribution in [1.29, 1.82) is 0 Å². The maximum atomic E-state index is 5.48. The third-order valence-corrected chi connectivity index (χ3v) is 5.93. The van der Waals surface area contributed by atoms with Gasteiger partial charge >= 0.3 is 0 Å². The zero-order valence-electron chi connectivity index (χ0n) is 17.7. The number of benzene rings is 1. The van der Waals surface area contributed by atoms with Gasteiger partial charge in [-0.3, -0.25) is 4.99 Å². The lowest BCUT2D eigenvalue weighted by atomic mass is 9.99. The maximum Gasteiger partial charge on any atom is 0.194 e. The standard InChI is InChI=1S/C21H30N4O2S.HI/c1-5-20-24-17(14-28-20)7-9-23-21(22-6-2)25-10-8-15-11-18(26-3)19(27-4)12-16(15)13-25;/h11-12,14H,5-10,13H2,1-4H3,(H,22,23);1H. The number of hydrogen-bond acceptors (Lipinski definition) is 5. The van der Waals surface area contributed by atoms with E-state index in [1.165, 1.54) is 16.1 Å². The first-order valence-corrected chi connectivity index (χ1v) is 10.8. The fraction of sp³-hybridized carbons (Fsp3) is 0.524. The van der Waals surface area contributed by atoms with E-state index < -0.39 is 0 Å². The summed E-state index contributed by atoms with van der Waals surface area (Å²) in [4.78, 5) is 11.8. The Kier molecular flexibility index (Phi) is 9.48. The van der Waals surface area contributed by atoms with Crippen molar-refractivity contribution in [3.63, 3.8) is 0 Å². The van der Waals surface area contributed by atoms with Crippen LogP contribution < -0.4 is 14.8 Å². The largest absolute Gasteiger partial charge is 0.493 e. The zero-order valence-corrected chi connectivity index (χ0v) is 20.8. The molecule has 8 heteroatoms. The Hall–Kier alpha value is -1.55. The molecule has 0 spiro atoms. The normalized spacial score (nSPS) is 13.5. The second-order valence-electron chi connectivity index (χ2n) is 6.72. The summed E-state index contributed by atoms with van der Waals surface area (Å²) in [5.41, 5.74) is 3.73. The summed E-state index contributed by atoms with van der Waals surface area (Å²) in [6.45, 7) is 7.59. The smallest absolute Gasteiger partial charge is 0.194 e. The number of aryl methyl sites for hydroxylation is 1. The van der Waals surface area contributed by atoms with Gasteiger partial charge in [-0.05, 0) is 43.0 Å². The lowest BCUT2D eigenvalue weighted by Gasteiger charge is -2.32. The van der Waals surface area contributed by atoms with Crippen LogP contribution in [0.5, 0.6) is 11.5 Å². The Morgan fingerprint density at radius 3 is 2.55 bits per heavy atom. The predicted octanol–water partition coefficient (Wildman–Crippen LogP) is 3.91. The Balaban J connectivity index is 0.00000300. The molecule has 0 atom stereocenters. The molecule has 1 aliphatic rings. The number of thiazole rings is 1. The molecule has 160 valence electrons. The van der Waals surface area contributed by atoms with Crippen LogP contribution in [0.3, 0.4) is 0 Å². The van der Waals surface area contributed by atoms with Crippen molar-refractivity contribution in [3.8, 4) is 11.5 Å². The Morgan fingerprint density at radius 2 is 1.93 bits per heavy atom. The molecule has 29 heavy (non-hydrogen) atoms. The zero-order chi connectivity index (χ0) is 19.9. The van der Waals surface area contributed by atoms with Gasteiger partial charge in [0.25, 0.3) is 0 Å². The highest BCUT2D eigenvalue weighted by atomic mass is 127. The molecule has 0 bridgehead atoms. The summed E-state index contributed by atoms with van der Waals surface area (Å²) in [7, 11) is 3.36. The summed E-state index contributed by atoms with van der Waals surface area (Å²) in [6, 6.07) is 4.19. The van der Waals surface area contributed by atoms with Gasteiger partial charge in [-0.1, -0.05) is 6.92 Å². The number of nitrogens with zero attached hydrogens (tertiary/aromatic N) is 3. The van der Waals surface area contributed by atoms with Crippen molar-refractivity contribution in [2.45, 2.75) is 39.7 Å². The van der Waals surface area contributed by atoms with Crippen LogP contribution in [0.25, 0.3) is 0 Å². The van der Waals surface area contributed by atoms with Gasteiger partial charge < -0.3 is 19.7 Å². The number of nitrogens with one attached hydrogen (secondary N) is 1. The maximum absolute atomic E-state index is 5.48. The molecule has 2 aromatic rings. The van der Waals surface area contributed by atoms with Crippen LogP contribution in [0, 0.1) is 0 Å². The molecule has 0 aliphatic carbocycles. The average molecular weight is 530 g/mol. The van der Waals surface area contributed by atoms with E-state index in [2.05, 4.69) is 46.6 Å². The summed E-state index contributed by atoms with van der Waals surface area (Å²) < 4.78 is 10.9. The van der Waals surface area contributed by atoms with Crippen molar-refractivity contribution < 1.29 is 9.47 Å². The van der Waals surface area contributed by atoms with Crippen molar-refractivity contribution in [2.75, 3.05) is 33.9 Å². The molecule has 0 amide bonds. The number of halogens is 1. The van der Waals surface area contributed by atoms with Crippen molar-refractivity contribution >= 4 is 41.3 Å². The second-order valence-corrected chi connectivity index (χ2v) is 7.66. The van der Waals surface area contributed by atoms with E-state index in [4.69, 9.17) is 14.5 Å². The number of hydrogen-bond donors (Lipinski definition) is 1. The molecule has 0 radical (unpaired) electrons.